The van der Waals surface area contributed by atoms with Gasteiger partial charge in [0.15, 0.2) is 5.82 Å². The van der Waals surface area contributed by atoms with Gasteiger partial charge in [-0.05, 0) is 47.5 Å². The molecule has 0 spiro atoms. The van der Waals surface area contributed by atoms with Gasteiger partial charge in [0.05, 0.1) is 48.2 Å². The number of alkyl halides is 2. The number of aliphatic hydroxyl groups excluding tert-OH is 1. The predicted octanol–water partition coefficient (Wildman–Crippen LogP) is 2.85. The molecule has 0 aliphatic heterocycles. The molecule has 11 nitrogen and oxygen atoms in total. The summed E-state index contributed by atoms with van der Waals surface area (Å²) in [5.41, 5.74) is 4.44. The topological polar surface area (TPSA) is 128 Å². The molecule has 5 aromatic rings. The molecule has 2 N–H and O–H groups in total. The summed E-state index contributed by atoms with van der Waals surface area (Å²) in [4.78, 5) is 14.4. The molecule has 0 bridgehead atoms. The van der Waals surface area contributed by atoms with Crippen molar-refractivity contribution in [1.29, 1.82) is 0 Å². The average Bonchev–Trinajstić information content (AvgIpc) is 3.37. The third-order valence-corrected chi connectivity index (χ3v) is 6.33. The van der Waals surface area contributed by atoms with Gasteiger partial charge in [0, 0.05) is 30.1 Å². The molecule has 0 radical (unpaired) electrons. The fourth-order valence-corrected chi connectivity index (χ4v) is 4.10. The van der Waals surface area contributed by atoms with Crippen LogP contribution < -0.4 is 5.32 Å². The minimum absolute atomic E-state index is 0.000207. The molecule has 1 aliphatic rings. The third kappa shape index (κ3) is 4.22. The number of hydrogen-bond acceptors (Lipinski definition) is 7. The Morgan fingerprint density at radius 2 is 2.03 bits per heavy atom. The first kappa shape index (κ1) is 22.9. The van der Waals surface area contributed by atoms with Crippen LogP contribution in [0.1, 0.15) is 34.1 Å². The second-order valence-electron chi connectivity index (χ2n) is 8.93. The van der Waals surface area contributed by atoms with Gasteiger partial charge in [0.1, 0.15) is 0 Å². The van der Waals surface area contributed by atoms with Crippen molar-refractivity contribution >= 4 is 17.1 Å². The van der Waals surface area contributed by atoms with Gasteiger partial charge in [-0.25, -0.2) is 13.3 Å². The fourth-order valence-electron chi connectivity index (χ4n) is 4.10. The van der Waals surface area contributed by atoms with Crippen molar-refractivity contribution in [2.45, 2.75) is 31.7 Å². The molecule has 1 aromatic carbocycles. The van der Waals surface area contributed by atoms with Crippen molar-refractivity contribution in [2.75, 3.05) is 11.9 Å². The normalized spacial score (nSPS) is 16.3. The first-order chi connectivity index (χ1) is 17.8. The number of anilines is 1. The number of pyridine rings is 1. The summed E-state index contributed by atoms with van der Waals surface area (Å²) in [6.45, 7) is 2.21. The van der Waals surface area contributed by atoms with Crippen LogP contribution in [-0.2, 0) is 6.54 Å². The van der Waals surface area contributed by atoms with Gasteiger partial charge in [-0.3, -0.25) is 9.48 Å². The van der Waals surface area contributed by atoms with Crippen LogP contribution in [0.15, 0.2) is 55.1 Å². The highest BCUT2D eigenvalue weighted by atomic mass is 19.3. The number of hydrogen-bond donors (Lipinski definition) is 2. The number of aromatic nitrogens is 8. The zero-order valence-electron chi connectivity index (χ0n) is 19.6. The van der Waals surface area contributed by atoms with Gasteiger partial charge in [-0.2, -0.15) is 10.2 Å². The van der Waals surface area contributed by atoms with Crippen LogP contribution in [0.4, 0.5) is 14.5 Å². The van der Waals surface area contributed by atoms with E-state index in [-0.39, 0.29) is 24.8 Å². The average molecular weight is 505 g/mol. The highest BCUT2D eigenvalue weighted by Crippen LogP contribution is 2.54. The number of aryl methyl sites for hydroxylation is 1. The zero-order chi connectivity index (χ0) is 25.7. The van der Waals surface area contributed by atoms with Crippen LogP contribution in [0.5, 0.6) is 0 Å². The number of amides is 1. The number of tetrazole rings is 1. The Balaban J connectivity index is 1.26. The zero-order valence-corrected chi connectivity index (χ0v) is 19.6. The lowest BCUT2D eigenvalue weighted by atomic mass is 10.1. The summed E-state index contributed by atoms with van der Waals surface area (Å²) >= 11 is 0. The summed E-state index contributed by atoms with van der Waals surface area (Å²) < 4.78 is 30.0. The molecule has 13 heteroatoms. The number of carbonyl (C=O) groups excluding carboxylic acids is 1. The van der Waals surface area contributed by atoms with Gasteiger partial charge in [0.25, 0.3) is 11.8 Å². The van der Waals surface area contributed by atoms with E-state index in [2.05, 4.69) is 30.9 Å². The molecule has 1 atom stereocenters. The Bertz CT molecular complexity index is 1640. The third-order valence-electron chi connectivity index (χ3n) is 6.33. The Morgan fingerprint density at radius 1 is 1.19 bits per heavy atom. The summed E-state index contributed by atoms with van der Waals surface area (Å²) in [5, 5.41) is 32.3. The number of nitrogens with one attached hydrogen (secondary N) is 1. The van der Waals surface area contributed by atoms with E-state index in [0.29, 0.717) is 29.0 Å². The first-order valence-electron chi connectivity index (χ1n) is 11.5. The number of halogens is 2. The molecule has 188 valence electrons. The molecule has 37 heavy (non-hydrogen) atoms. The number of nitrogens with zero attached hydrogens (tertiary/aromatic N) is 8. The number of carbonyl (C=O) groups is 1. The molecule has 6 rings (SSSR count). The lowest BCUT2D eigenvalue weighted by Crippen LogP contribution is -2.13. The van der Waals surface area contributed by atoms with Crippen LogP contribution in [-0.4, -0.2) is 63.1 Å². The lowest BCUT2D eigenvalue weighted by molar-refractivity contribution is 0.102. The quantitative estimate of drug-likeness (QED) is 0.348. The van der Waals surface area contributed by atoms with E-state index in [4.69, 9.17) is 5.11 Å². The Hall–Kier alpha value is -4.52. The first-order valence-corrected chi connectivity index (χ1v) is 11.5. The summed E-state index contributed by atoms with van der Waals surface area (Å²) in [5.74, 6) is -4.15. The van der Waals surface area contributed by atoms with E-state index in [1.807, 2.05) is 25.3 Å². The summed E-state index contributed by atoms with van der Waals surface area (Å²) in [7, 11) is 0. The minimum Gasteiger partial charge on any atom is -0.394 e. The molecule has 1 aliphatic carbocycles. The molecule has 1 saturated carbocycles. The van der Waals surface area contributed by atoms with E-state index in [1.54, 1.807) is 39.8 Å². The van der Waals surface area contributed by atoms with Crippen LogP contribution in [0.3, 0.4) is 0 Å². The second kappa shape index (κ2) is 8.55. The standard InChI is InChI=1S/C24H21F2N9O2/c1-14-2-3-17(35-31-22(30-32-35)19-10-24(19,25)26)9-20(14)29-23(37)18-12-28-34-5-4-15(8-21(18)34)16-11-27-33(13-16)6-7-36/h2-5,8-9,11-13,19,36H,6-7,10H2,1H3,(H,29,37)/t19-/m1/s1. The van der Waals surface area contributed by atoms with Crippen LogP contribution in [0, 0.1) is 6.92 Å². The highest BCUT2D eigenvalue weighted by molar-refractivity contribution is 6.09. The largest absolute Gasteiger partial charge is 0.394 e. The molecular formula is C24H21F2N9O2. The molecule has 0 saturated heterocycles. The fraction of sp³-hybridized carbons (Fsp3) is 0.250. The maximum Gasteiger partial charge on any atom is 0.259 e. The van der Waals surface area contributed by atoms with Crippen molar-refractivity contribution in [1.82, 2.24) is 39.6 Å². The van der Waals surface area contributed by atoms with Crippen molar-refractivity contribution in [2.24, 2.45) is 0 Å². The predicted molar refractivity (Wildman–Crippen MR) is 128 cm³/mol. The molecule has 4 aromatic heterocycles. The SMILES string of the molecule is Cc1ccc(-n2nnc([C@H]3CC3(F)F)n2)cc1NC(=O)c1cnn2ccc(-c3cnn(CCO)c3)cc12. The van der Waals surface area contributed by atoms with Crippen molar-refractivity contribution < 1.29 is 18.7 Å². The van der Waals surface area contributed by atoms with Crippen LogP contribution in [0.2, 0.25) is 0 Å². The second-order valence-corrected chi connectivity index (χ2v) is 8.93. The number of benzene rings is 1. The Morgan fingerprint density at radius 3 is 2.81 bits per heavy atom. The van der Waals surface area contributed by atoms with Gasteiger partial charge in [-0.15, -0.1) is 15.0 Å². The molecule has 1 fully saturated rings. The maximum absolute atomic E-state index is 13.4. The monoisotopic (exact) mass is 505 g/mol. The summed E-state index contributed by atoms with van der Waals surface area (Å²) in [6, 6.07) is 8.88. The molecule has 1 amide bonds. The number of rotatable bonds is 7. The van der Waals surface area contributed by atoms with E-state index >= 15 is 0 Å². The van der Waals surface area contributed by atoms with Crippen LogP contribution in [0.25, 0.3) is 22.3 Å². The number of aliphatic hydroxyl groups is 1. The van der Waals surface area contributed by atoms with Gasteiger partial charge in [0.2, 0.25) is 0 Å². The van der Waals surface area contributed by atoms with Crippen molar-refractivity contribution in [3.63, 3.8) is 0 Å². The van der Waals surface area contributed by atoms with E-state index < -0.39 is 11.8 Å². The van der Waals surface area contributed by atoms with Crippen molar-refractivity contribution in [3.05, 3.63) is 72.1 Å². The minimum atomic E-state index is -2.78. The molecule has 0 unspecified atom stereocenters. The molecular weight excluding hydrogens is 484 g/mol. The Kier molecular flexibility index (Phi) is 5.30. The van der Waals surface area contributed by atoms with Gasteiger partial charge < -0.3 is 10.4 Å². The highest BCUT2D eigenvalue weighted by Gasteiger charge is 2.60. The molecule has 4 heterocycles. The maximum atomic E-state index is 13.4. The van der Waals surface area contributed by atoms with E-state index in [0.717, 1.165) is 16.7 Å². The Labute approximate surface area is 208 Å². The summed E-state index contributed by atoms with van der Waals surface area (Å²) in [6.07, 6.45) is 6.49. The van der Waals surface area contributed by atoms with Gasteiger partial charge in [-0.1, -0.05) is 6.07 Å². The van der Waals surface area contributed by atoms with Crippen molar-refractivity contribution in [3.8, 4) is 16.8 Å². The number of fused-ring (bicyclic) bond motifs is 1. The smallest absolute Gasteiger partial charge is 0.259 e. The van der Waals surface area contributed by atoms with Crippen LogP contribution >= 0.6 is 0 Å². The van der Waals surface area contributed by atoms with Gasteiger partial charge >= 0.3 is 0 Å². The lowest BCUT2D eigenvalue weighted by Gasteiger charge is -2.10. The van der Waals surface area contributed by atoms with E-state index in [9.17, 15) is 13.6 Å². The van der Waals surface area contributed by atoms with E-state index in [1.165, 1.54) is 11.0 Å².